The van der Waals surface area contributed by atoms with Gasteiger partial charge in [-0.15, -0.1) is 0 Å². The first-order valence-electron chi connectivity index (χ1n) is 3.91. The van der Waals surface area contributed by atoms with Crippen molar-refractivity contribution in [2.24, 2.45) is 5.92 Å². The molecule has 0 aromatic heterocycles. The van der Waals surface area contributed by atoms with Crippen molar-refractivity contribution in [1.82, 2.24) is 0 Å². The van der Waals surface area contributed by atoms with Crippen LogP contribution in [-0.2, 0) is 4.74 Å². The number of ether oxygens (including phenoxy) is 1. The Bertz CT molecular complexity index is 105. The Hall–Kier alpha value is -0.110. The molecule has 2 heteroatoms. The summed E-state index contributed by atoms with van der Waals surface area (Å²) in [6, 6.07) is 0. The van der Waals surface area contributed by atoms with Crippen molar-refractivity contribution < 1.29 is 9.13 Å². The van der Waals surface area contributed by atoms with Gasteiger partial charge in [-0.1, -0.05) is 6.92 Å². The lowest BCUT2D eigenvalue weighted by Crippen LogP contribution is -2.29. The van der Waals surface area contributed by atoms with Crippen LogP contribution in [0.4, 0.5) is 4.39 Å². The third kappa shape index (κ3) is 1.69. The van der Waals surface area contributed by atoms with E-state index >= 15 is 0 Å². The molecule has 1 aliphatic rings. The molecule has 0 bridgehead atoms. The van der Waals surface area contributed by atoms with E-state index in [1.165, 1.54) is 0 Å². The van der Waals surface area contributed by atoms with Crippen LogP contribution in [0.5, 0.6) is 0 Å². The van der Waals surface area contributed by atoms with Gasteiger partial charge in [0, 0.05) is 7.11 Å². The van der Waals surface area contributed by atoms with Gasteiger partial charge in [0.15, 0.2) is 0 Å². The highest BCUT2D eigenvalue weighted by atomic mass is 19.1. The van der Waals surface area contributed by atoms with E-state index in [2.05, 4.69) is 6.92 Å². The summed E-state index contributed by atoms with van der Waals surface area (Å²) < 4.78 is 17.9. The standard InChI is InChI=1S/C8H15FO/c1-6-5-7(9)3-4-8(6)10-2/h6-8H,3-5H2,1-2H3. The molecule has 0 heterocycles. The van der Waals surface area contributed by atoms with Gasteiger partial charge in [0.2, 0.25) is 0 Å². The van der Waals surface area contributed by atoms with Crippen molar-refractivity contribution >= 4 is 0 Å². The number of hydrogen-bond acceptors (Lipinski definition) is 1. The summed E-state index contributed by atoms with van der Waals surface area (Å²) in [6.07, 6.45) is 1.97. The molecule has 0 spiro atoms. The van der Waals surface area contributed by atoms with E-state index < -0.39 is 6.17 Å². The van der Waals surface area contributed by atoms with Crippen LogP contribution in [-0.4, -0.2) is 19.4 Å². The van der Waals surface area contributed by atoms with Gasteiger partial charge < -0.3 is 4.74 Å². The predicted molar refractivity (Wildman–Crippen MR) is 38.7 cm³/mol. The van der Waals surface area contributed by atoms with Gasteiger partial charge in [-0.25, -0.2) is 4.39 Å². The summed E-state index contributed by atoms with van der Waals surface area (Å²) in [5.74, 6) is 0.397. The van der Waals surface area contributed by atoms with Gasteiger partial charge in [-0.2, -0.15) is 0 Å². The molecule has 0 N–H and O–H groups in total. The molecule has 1 rings (SSSR count). The fraction of sp³-hybridized carbons (Fsp3) is 1.00. The Morgan fingerprint density at radius 2 is 2.10 bits per heavy atom. The highest BCUT2D eigenvalue weighted by Gasteiger charge is 2.26. The second-order valence-corrected chi connectivity index (χ2v) is 3.16. The fourth-order valence-electron chi connectivity index (χ4n) is 1.65. The van der Waals surface area contributed by atoms with Crippen LogP contribution < -0.4 is 0 Å². The average Bonchev–Trinajstić information content (AvgIpc) is 1.88. The number of alkyl halides is 1. The Morgan fingerprint density at radius 3 is 2.60 bits per heavy atom. The smallest absolute Gasteiger partial charge is 0.101 e. The third-order valence-corrected chi connectivity index (χ3v) is 2.33. The molecule has 0 aromatic rings. The zero-order chi connectivity index (χ0) is 7.56. The minimum absolute atomic E-state index is 0.298. The minimum atomic E-state index is -0.582. The molecule has 1 fully saturated rings. The van der Waals surface area contributed by atoms with Crippen LogP contribution >= 0.6 is 0 Å². The lowest BCUT2D eigenvalue weighted by Gasteiger charge is -2.29. The van der Waals surface area contributed by atoms with Gasteiger partial charge in [-0.3, -0.25) is 0 Å². The van der Waals surface area contributed by atoms with Crippen molar-refractivity contribution in [3.63, 3.8) is 0 Å². The summed E-state index contributed by atoms with van der Waals surface area (Å²) in [5, 5.41) is 0. The summed E-state index contributed by atoms with van der Waals surface area (Å²) in [7, 11) is 1.71. The molecule has 0 radical (unpaired) electrons. The first-order valence-corrected chi connectivity index (χ1v) is 3.91. The largest absolute Gasteiger partial charge is 0.381 e. The molecule has 3 unspecified atom stereocenters. The molecular weight excluding hydrogens is 131 g/mol. The van der Waals surface area contributed by atoms with E-state index in [-0.39, 0.29) is 0 Å². The topological polar surface area (TPSA) is 9.23 Å². The predicted octanol–water partition coefficient (Wildman–Crippen LogP) is 2.16. The summed E-state index contributed by atoms with van der Waals surface area (Å²) in [5.41, 5.74) is 0. The van der Waals surface area contributed by atoms with E-state index in [0.717, 1.165) is 6.42 Å². The monoisotopic (exact) mass is 146 g/mol. The van der Waals surface area contributed by atoms with Crippen molar-refractivity contribution in [3.8, 4) is 0 Å². The van der Waals surface area contributed by atoms with E-state index in [9.17, 15) is 4.39 Å². The number of halogens is 1. The molecule has 3 atom stereocenters. The highest BCUT2D eigenvalue weighted by molar-refractivity contribution is 4.77. The molecule has 1 nitrogen and oxygen atoms in total. The molecule has 10 heavy (non-hydrogen) atoms. The third-order valence-electron chi connectivity index (χ3n) is 2.33. The van der Waals surface area contributed by atoms with E-state index in [1.807, 2.05) is 0 Å². The average molecular weight is 146 g/mol. The number of rotatable bonds is 1. The summed E-state index contributed by atoms with van der Waals surface area (Å²) in [6.45, 7) is 2.06. The molecule has 1 saturated carbocycles. The second-order valence-electron chi connectivity index (χ2n) is 3.16. The molecule has 0 amide bonds. The molecule has 1 aliphatic carbocycles. The van der Waals surface area contributed by atoms with Crippen LogP contribution in [0, 0.1) is 5.92 Å². The van der Waals surface area contributed by atoms with Gasteiger partial charge in [0.25, 0.3) is 0 Å². The first-order chi connectivity index (χ1) is 4.74. The SMILES string of the molecule is COC1CCC(F)CC1C. The molecule has 0 aromatic carbocycles. The number of hydrogen-bond donors (Lipinski definition) is 0. The summed E-state index contributed by atoms with van der Waals surface area (Å²) >= 11 is 0. The molecular formula is C8H15FO. The van der Waals surface area contributed by atoms with Gasteiger partial charge in [-0.05, 0) is 25.2 Å². The number of methoxy groups -OCH3 is 1. The first kappa shape index (κ1) is 7.99. The van der Waals surface area contributed by atoms with E-state index in [1.54, 1.807) is 7.11 Å². The maximum Gasteiger partial charge on any atom is 0.101 e. The Balaban J connectivity index is 2.36. The van der Waals surface area contributed by atoms with Crippen LogP contribution in [0.25, 0.3) is 0 Å². The van der Waals surface area contributed by atoms with Crippen LogP contribution in [0.15, 0.2) is 0 Å². The quantitative estimate of drug-likeness (QED) is 0.550. The maximum absolute atomic E-state index is 12.7. The molecule has 0 saturated heterocycles. The zero-order valence-electron chi connectivity index (χ0n) is 6.64. The van der Waals surface area contributed by atoms with Crippen molar-refractivity contribution in [2.45, 2.75) is 38.5 Å². The van der Waals surface area contributed by atoms with Crippen molar-refractivity contribution in [1.29, 1.82) is 0 Å². The van der Waals surface area contributed by atoms with E-state index in [4.69, 9.17) is 4.74 Å². The van der Waals surface area contributed by atoms with Gasteiger partial charge >= 0.3 is 0 Å². The van der Waals surface area contributed by atoms with Crippen molar-refractivity contribution in [2.75, 3.05) is 7.11 Å². The minimum Gasteiger partial charge on any atom is -0.381 e. The van der Waals surface area contributed by atoms with Gasteiger partial charge in [0.05, 0.1) is 6.10 Å². The van der Waals surface area contributed by atoms with Crippen LogP contribution in [0.2, 0.25) is 0 Å². The maximum atomic E-state index is 12.7. The summed E-state index contributed by atoms with van der Waals surface area (Å²) in [4.78, 5) is 0. The second kappa shape index (κ2) is 3.33. The Kier molecular flexibility index (Phi) is 2.66. The fourth-order valence-corrected chi connectivity index (χ4v) is 1.65. The van der Waals surface area contributed by atoms with Crippen LogP contribution in [0.3, 0.4) is 0 Å². The normalized spacial score (nSPS) is 41.7. The Labute approximate surface area is 61.6 Å². The zero-order valence-corrected chi connectivity index (χ0v) is 6.64. The molecule has 60 valence electrons. The van der Waals surface area contributed by atoms with Gasteiger partial charge in [0.1, 0.15) is 6.17 Å². The van der Waals surface area contributed by atoms with Crippen LogP contribution in [0.1, 0.15) is 26.2 Å². The van der Waals surface area contributed by atoms with E-state index in [0.29, 0.717) is 24.9 Å². The Morgan fingerprint density at radius 1 is 1.40 bits per heavy atom. The molecule has 0 aliphatic heterocycles. The highest BCUT2D eigenvalue weighted by Crippen LogP contribution is 2.27. The van der Waals surface area contributed by atoms with Crippen molar-refractivity contribution in [3.05, 3.63) is 0 Å². The lowest BCUT2D eigenvalue weighted by atomic mass is 9.87. The lowest BCUT2D eigenvalue weighted by molar-refractivity contribution is 0.00833.